The Hall–Kier alpha value is -2.21. The first-order chi connectivity index (χ1) is 11.5. The average Bonchev–Trinajstić information content (AvgIpc) is 2.57. The molecule has 0 aliphatic carbocycles. The Morgan fingerprint density at radius 2 is 1.75 bits per heavy atom. The highest BCUT2D eigenvalue weighted by Gasteiger charge is 2.35. The van der Waals surface area contributed by atoms with Gasteiger partial charge in [-0.1, -0.05) is 42.5 Å². The van der Waals surface area contributed by atoms with Gasteiger partial charge >= 0.3 is 0 Å². The minimum atomic E-state index is -3.26. The van der Waals surface area contributed by atoms with E-state index in [1.165, 1.54) is 12.1 Å². The fourth-order valence-electron chi connectivity index (χ4n) is 2.88. The Labute approximate surface area is 140 Å². The molecule has 0 aromatic heterocycles. The van der Waals surface area contributed by atoms with Gasteiger partial charge < -0.3 is 4.90 Å². The number of carbonyl (C=O) groups is 1. The first-order valence-electron chi connectivity index (χ1n) is 7.74. The molecule has 1 saturated heterocycles. The molecule has 0 N–H and O–H groups in total. The number of sulfone groups is 1. The van der Waals surface area contributed by atoms with Crippen LogP contribution in [0, 0.1) is 5.82 Å². The Morgan fingerprint density at radius 1 is 1.08 bits per heavy atom. The van der Waals surface area contributed by atoms with Crippen molar-refractivity contribution in [2.75, 3.05) is 18.8 Å². The molecule has 0 radical (unpaired) electrons. The second kappa shape index (κ2) is 6.73. The van der Waals surface area contributed by atoms with Crippen molar-refractivity contribution in [3.05, 3.63) is 71.5 Å². The summed E-state index contributed by atoms with van der Waals surface area (Å²) in [4.78, 5) is 14.1. The highest BCUT2D eigenvalue weighted by atomic mass is 32.2. The van der Waals surface area contributed by atoms with E-state index < -0.39 is 15.1 Å². The van der Waals surface area contributed by atoms with E-state index in [9.17, 15) is 17.6 Å². The molecule has 1 fully saturated rings. The SMILES string of the molecule is O=C(Cc1ccc(F)cc1)N1CCS(=O)(=O)C(c2ccccc2)C1. The molecule has 0 spiro atoms. The lowest BCUT2D eigenvalue weighted by atomic mass is 10.1. The number of amides is 1. The molecule has 1 aliphatic heterocycles. The van der Waals surface area contributed by atoms with Gasteiger partial charge in [-0.3, -0.25) is 4.79 Å². The van der Waals surface area contributed by atoms with Crippen LogP contribution in [0.2, 0.25) is 0 Å². The van der Waals surface area contributed by atoms with Crippen molar-refractivity contribution >= 4 is 15.7 Å². The van der Waals surface area contributed by atoms with E-state index >= 15 is 0 Å². The first kappa shape index (κ1) is 16.6. The summed E-state index contributed by atoms with van der Waals surface area (Å²) >= 11 is 0. The molecule has 1 unspecified atom stereocenters. The Balaban J connectivity index is 1.75. The number of hydrogen-bond donors (Lipinski definition) is 0. The van der Waals surface area contributed by atoms with Crippen LogP contribution in [0.25, 0.3) is 0 Å². The van der Waals surface area contributed by atoms with Gasteiger partial charge in [0.05, 0.1) is 12.2 Å². The lowest BCUT2D eigenvalue weighted by molar-refractivity contribution is -0.130. The fourth-order valence-corrected chi connectivity index (χ4v) is 4.62. The Kier molecular flexibility index (Phi) is 4.66. The summed E-state index contributed by atoms with van der Waals surface area (Å²) in [6.07, 6.45) is 0.141. The third-order valence-corrected chi connectivity index (χ3v) is 6.30. The molecule has 0 saturated carbocycles. The van der Waals surface area contributed by atoms with Crippen molar-refractivity contribution in [3.63, 3.8) is 0 Å². The number of rotatable bonds is 3. The molecule has 2 aromatic rings. The van der Waals surface area contributed by atoms with Crippen LogP contribution >= 0.6 is 0 Å². The smallest absolute Gasteiger partial charge is 0.227 e. The lowest BCUT2D eigenvalue weighted by Crippen LogP contribution is -2.46. The zero-order valence-corrected chi connectivity index (χ0v) is 13.9. The van der Waals surface area contributed by atoms with E-state index in [4.69, 9.17) is 0 Å². The second-order valence-electron chi connectivity index (χ2n) is 5.91. The summed E-state index contributed by atoms with van der Waals surface area (Å²) in [5, 5.41) is -0.690. The van der Waals surface area contributed by atoms with Gasteiger partial charge in [-0.05, 0) is 23.3 Å². The molecule has 2 aromatic carbocycles. The van der Waals surface area contributed by atoms with Gasteiger partial charge in [0, 0.05) is 13.1 Å². The quantitative estimate of drug-likeness (QED) is 0.856. The molecule has 126 valence electrons. The Morgan fingerprint density at radius 3 is 2.42 bits per heavy atom. The minimum Gasteiger partial charge on any atom is -0.340 e. The van der Waals surface area contributed by atoms with Crippen LogP contribution in [-0.4, -0.2) is 38.1 Å². The second-order valence-corrected chi connectivity index (χ2v) is 8.21. The van der Waals surface area contributed by atoms with Gasteiger partial charge in [0.1, 0.15) is 11.1 Å². The highest BCUT2D eigenvalue weighted by Crippen LogP contribution is 2.28. The molecule has 1 atom stereocenters. The molecular weight excluding hydrogens is 329 g/mol. The van der Waals surface area contributed by atoms with Gasteiger partial charge in [-0.2, -0.15) is 0 Å². The zero-order chi connectivity index (χ0) is 17.2. The lowest BCUT2D eigenvalue weighted by Gasteiger charge is -2.33. The third-order valence-electron chi connectivity index (χ3n) is 4.26. The number of benzene rings is 2. The molecule has 24 heavy (non-hydrogen) atoms. The summed E-state index contributed by atoms with van der Waals surface area (Å²) in [6.45, 7) is 0.359. The summed E-state index contributed by atoms with van der Waals surface area (Å²) in [5.74, 6) is -0.529. The van der Waals surface area contributed by atoms with Crippen LogP contribution in [-0.2, 0) is 21.1 Å². The van der Waals surface area contributed by atoms with Crippen molar-refractivity contribution in [3.8, 4) is 0 Å². The fraction of sp³-hybridized carbons (Fsp3) is 0.278. The monoisotopic (exact) mass is 347 g/mol. The van der Waals surface area contributed by atoms with Crippen LogP contribution in [0.5, 0.6) is 0 Å². The van der Waals surface area contributed by atoms with E-state index in [-0.39, 0.29) is 37.0 Å². The summed E-state index contributed by atoms with van der Waals surface area (Å²) in [7, 11) is -3.26. The molecule has 3 rings (SSSR count). The van der Waals surface area contributed by atoms with Crippen LogP contribution in [0.15, 0.2) is 54.6 Å². The molecule has 1 heterocycles. The molecule has 1 amide bonds. The maximum Gasteiger partial charge on any atom is 0.227 e. The van der Waals surface area contributed by atoms with Crippen LogP contribution in [0.3, 0.4) is 0 Å². The van der Waals surface area contributed by atoms with E-state index in [0.717, 1.165) is 0 Å². The predicted octanol–water partition coefficient (Wildman–Crippen LogP) is 2.37. The van der Waals surface area contributed by atoms with Gasteiger partial charge in [0.25, 0.3) is 0 Å². The maximum atomic E-state index is 12.9. The van der Waals surface area contributed by atoms with Crippen molar-refractivity contribution < 1.29 is 17.6 Å². The van der Waals surface area contributed by atoms with Gasteiger partial charge in [0.2, 0.25) is 5.91 Å². The molecular formula is C18H18FNO3S. The normalized spacial score (nSPS) is 19.9. The minimum absolute atomic E-state index is 0.0400. The number of nitrogens with zero attached hydrogens (tertiary/aromatic N) is 1. The summed E-state index contributed by atoms with van der Waals surface area (Å²) < 4.78 is 37.7. The van der Waals surface area contributed by atoms with Crippen molar-refractivity contribution in [2.45, 2.75) is 11.7 Å². The predicted molar refractivity (Wildman–Crippen MR) is 89.7 cm³/mol. The summed E-state index contributed by atoms with van der Waals surface area (Å²) in [5.41, 5.74) is 1.42. The van der Waals surface area contributed by atoms with Crippen molar-refractivity contribution in [1.29, 1.82) is 0 Å². The number of halogens is 1. The topological polar surface area (TPSA) is 54.5 Å². The standard InChI is InChI=1S/C18H18FNO3S/c19-16-8-6-14(7-9-16)12-18(21)20-10-11-24(22,23)17(13-20)15-4-2-1-3-5-15/h1-9,17H,10-13H2. The molecule has 6 heteroatoms. The first-order valence-corrected chi connectivity index (χ1v) is 9.46. The van der Waals surface area contributed by atoms with Crippen LogP contribution in [0.1, 0.15) is 16.4 Å². The van der Waals surface area contributed by atoms with E-state index in [0.29, 0.717) is 11.1 Å². The largest absolute Gasteiger partial charge is 0.340 e. The van der Waals surface area contributed by atoms with Crippen LogP contribution in [0.4, 0.5) is 4.39 Å². The van der Waals surface area contributed by atoms with Gasteiger partial charge in [-0.25, -0.2) is 12.8 Å². The van der Waals surface area contributed by atoms with Gasteiger partial charge in [0.15, 0.2) is 9.84 Å². The maximum absolute atomic E-state index is 12.9. The third kappa shape index (κ3) is 3.64. The van der Waals surface area contributed by atoms with Crippen LogP contribution < -0.4 is 0 Å². The number of carbonyl (C=O) groups excluding carboxylic acids is 1. The summed E-state index contributed by atoms with van der Waals surface area (Å²) in [6, 6.07) is 14.7. The molecule has 0 bridgehead atoms. The van der Waals surface area contributed by atoms with E-state index in [1.54, 1.807) is 41.3 Å². The molecule has 4 nitrogen and oxygen atoms in total. The highest BCUT2D eigenvalue weighted by molar-refractivity contribution is 7.91. The van der Waals surface area contributed by atoms with Crippen molar-refractivity contribution in [1.82, 2.24) is 4.90 Å². The zero-order valence-electron chi connectivity index (χ0n) is 13.1. The molecule has 1 aliphatic rings. The van der Waals surface area contributed by atoms with Gasteiger partial charge in [-0.15, -0.1) is 0 Å². The average molecular weight is 347 g/mol. The van der Waals surface area contributed by atoms with E-state index in [2.05, 4.69) is 0 Å². The number of hydrogen-bond acceptors (Lipinski definition) is 3. The van der Waals surface area contributed by atoms with E-state index in [1.807, 2.05) is 6.07 Å². The Bertz CT molecular complexity index is 819. The van der Waals surface area contributed by atoms with Crippen molar-refractivity contribution in [2.24, 2.45) is 0 Å².